The molecular weight excluding hydrogens is 904 g/mol. The van der Waals surface area contributed by atoms with Gasteiger partial charge in [0.2, 0.25) is 0 Å². The van der Waals surface area contributed by atoms with E-state index in [0.29, 0.717) is 26.2 Å². The van der Waals surface area contributed by atoms with Crippen LogP contribution in [0.15, 0.2) is 72.8 Å². The summed E-state index contributed by atoms with van der Waals surface area (Å²) in [6.45, 7) is 30.3. The van der Waals surface area contributed by atoms with Crippen LogP contribution in [0.4, 0.5) is 9.59 Å². The Balaban J connectivity index is -0.0000000538. The van der Waals surface area contributed by atoms with E-state index in [-0.39, 0.29) is 17.0 Å². The first-order valence-electron chi connectivity index (χ1n) is 15.2. The molecule has 0 aromatic heterocycles. The van der Waals surface area contributed by atoms with Gasteiger partial charge in [0.25, 0.3) is 0 Å². The smallest absolute Gasteiger partial charge is 0.0623 e. The van der Waals surface area contributed by atoms with Crippen LogP contribution in [-0.2, 0) is 4.92 Å². The van der Waals surface area contributed by atoms with Gasteiger partial charge in [-0.1, -0.05) is 142 Å². The van der Waals surface area contributed by atoms with Gasteiger partial charge in [0.15, 0.2) is 0 Å². The third kappa shape index (κ3) is 106. The molecule has 0 saturated carbocycles. The van der Waals surface area contributed by atoms with Crippen LogP contribution >= 0.6 is 59.9 Å². The summed E-state index contributed by atoms with van der Waals surface area (Å²) in [6, 6.07) is 23.8. The molecule has 2 rings (SSSR count). The summed E-state index contributed by atoms with van der Waals surface area (Å²) in [4.78, 5) is 20.6. The Bertz CT molecular complexity index is 494. The third-order valence-electron chi connectivity index (χ3n) is 2.68. The number of halogens is 3. The van der Waals surface area contributed by atoms with Crippen molar-refractivity contribution < 1.29 is 14.5 Å². The van der Waals surface area contributed by atoms with Crippen LogP contribution in [-0.4, -0.2) is 38.2 Å². The summed E-state index contributed by atoms with van der Waals surface area (Å²) in [6.07, 6.45) is 0. The molecule has 0 saturated heterocycles. The molecule has 0 heterocycles. The molecule has 0 aliphatic carbocycles. The molecule has 42 heavy (non-hydrogen) atoms. The van der Waals surface area contributed by atoms with Gasteiger partial charge in [-0.05, 0) is 27.7 Å². The zero-order chi connectivity index (χ0) is 34.9. The largest absolute Gasteiger partial charge is 0.0623 e. The fourth-order valence-electron chi connectivity index (χ4n) is 1.54. The summed E-state index contributed by atoms with van der Waals surface area (Å²) < 4.78 is 0. The molecule has 0 aliphatic rings. The predicted octanol–water partition coefficient (Wildman–Crippen LogP) is 11.8. The summed E-state index contributed by atoms with van der Waals surface area (Å²) >= 11 is 7.39. The van der Waals surface area contributed by atoms with Crippen molar-refractivity contribution >= 4 is 72.0 Å². The van der Waals surface area contributed by atoms with E-state index in [1.807, 2.05) is 170 Å². The van der Waals surface area contributed by atoms with E-state index in [9.17, 15) is 9.59 Å². The van der Waals surface area contributed by atoms with Gasteiger partial charge in [0.1, 0.15) is 0 Å². The molecule has 10 heteroatoms. The first-order valence-corrected chi connectivity index (χ1v) is 28.7. The summed E-state index contributed by atoms with van der Waals surface area (Å²) in [7, 11) is 0. The minimum absolute atomic E-state index is 0.0880. The predicted molar refractivity (Wildman–Crippen MR) is 217 cm³/mol. The van der Waals surface area contributed by atoms with E-state index in [2.05, 4.69) is 81.2 Å². The van der Waals surface area contributed by atoms with Crippen molar-refractivity contribution in [1.29, 1.82) is 0 Å². The Kier molecular flexibility index (Phi) is 113. The van der Waals surface area contributed by atoms with E-state index in [1.54, 1.807) is 0 Å². The monoisotopic (exact) mass is 970 g/mol. The van der Waals surface area contributed by atoms with Crippen molar-refractivity contribution in [2.45, 2.75) is 96.9 Å². The van der Waals surface area contributed by atoms with E-state index in [4.69, 9.17) is 0 Å². The maximum absolute atomic E-state index is 10.4. The molecule has 2 aromatic carbocycles. The molecule has 0 unspecified atom stereocenters. The van der Waals surface area contributed by atoms with E-state index >= 15 is 0 Å². The Morgan fingerprint density at radius 2 is 0.500 bits per heavy atom. The molecule has 0 aliphatic heterocycles. The summed E-state index contributed by atoms with van der Waals surface area (Å²) in [5, 5.41) is 10.4. The molecule has 252 valence electrons. The van der Waals surface area contributed by atoms with E-state index in [1.165, 1.54) is 0 Å². The molecule has 0 spiro atoms. The number of amides is 4. The fraction of sp³-hybridized carbons (Fsp3) is 0.562. The van der Waals surface area contributed by atoms with Gasteiger partial charge >= 0.3 is 76.9 Å². The number of benzene rings is 2. The van der Waals surface area contributed by atoms with Crippen LogP contribution in [0.1, 0.15) is 96.9 Å². The molecule has 4 amide bonds. The standard InChI is InChI=1S/2C6H6.2C5H12N2O.5C2H6.3HI.V/c2*1-2-4-6-5-3-1;2*1-3-6-5(8)7-4-2;5*1-2;;;;/h2*1-6H;2*3-4H2,1-2H3,(H2,6,7,8);5*1-2H3;3*1H;/q;;;;;;;;;;;;+3/p-3. The van der Waals surface area contributed by atoms with Crippen LogP contribution in [0, 0.1) is 0 Å². The van der Waals surface area contributed by atoms with Crippen LogP contribution in [0.2, 0.25) is 0 Å². The Morgan fingerprint density at radius 1 is 0.405 bits per heavy atom. The molecule has 0 radical (unpaired) electrons. The van der Waals surface area contributed by atoms with Crippen LogP contribution < -0.4 is 21.3 Å². The number of hydrogen-bond donors (Lipinski definition) is 4. The zero-order valence-corrected chi connectivity index (χ0v) is 37.0. The molecule has 2 aromatic rings. The van der Waals surface area contributed by atoms with E-state index < -0.39 is 0 Å². The maximum atomic E-state index is 10.4. The molecular formula is C32H66I3N4O2V. The topological polar surface area (TPSA) is 82.3 Å². The number of carbonyl (C=O) groups excluding carboxylic acids is 2. The Morgan fingerprint density at radius 3 is 0.571 bits per heavy atom. The van der Waals surface area contributed by atoms with Crippen molar-refractivity contribution in [2.75, 3.05) is 26.2 Å². The van der Waals surface area contributed by atoms with Crippen molar-refractivity contribution in [3.8, 4) is 0 Å². The number of rotatable bonds is 4. The summed E-state index contributed by atoms with van der Waals surface area (Å²) in [5.74, 6) is 0. The van der Waals surface area contributed by atoms with Gasteiger partial charge in [-0.25, -0.2) is 9.59 Å². The zero-order valence-electron chi connectivity index (χ0n) is 29.2. The first-order chi connectivity index (χ1) is 20.3. The minimum atomic E-state index is -0.278. The quantitative estimate of drug-likeness (QED) is 0.230. The van der Waals surface area contributed by atoms with Gasteiger partial charge < -0.3 is 21.3 Å². The second-order valence-corrected chi connectivity index (χ2v) is 40.7. The van der Waals surface area contributed by atoms with Crippen molar-refractivity contribution in [2.24, 2.45) is 0 Å². The Labute approximate surface area is 300 Å². The molecule has 0 fully saturated rings. The molecule has 0 atom stereocenters. The normalized spacial score (nSPS) is 7.00. The van der Waals surface area contributed by atoms with Gasteiger partial charge in [-0.2, -0.15) is 0 Å². The van der Waals surface area contributed by atoms with Crippen molar-refractivity contribution in [1.82, 2.24) is 21.3 Å². The maximum Gasteiger partial charge on any atom is -0.0623 e. The van der Waals surface area contributed by atoms with Crippen LogP contribution in [0.25, 0.3) is 0 Å². The van der Waals surface area contributed by atoms with E-state index in [0.717, 1.165) is 0 Å². The fourth-order valence-corrected chi connectivity index (χ4v) is 1.54. The number of urea groups is 2. The first kappa shape index (κ1) is 60.9. The second-order valence-electron chi connectivity index (χ2n) is 5.28. The number of nitrogens with one attached hydrogen (secondary N) is 4. The van der Waals surface area contributed by atoms with Crippen molar-refractivity contribution in [3.05, 3.63) is 72.8 Å². The van der Waals surface area contributed by atoms with Gasteiger partial charge in [0, 0.05) is 26.2 Å². The number of carbonyl (C=O) groups is 2. The Hall–Kier alpha value is -0.246. The van der Waals surface area contributed by atoms with Gasteiger partial charge in [0.05, 0.1) is 0 Å². The average Bonchev–Trinajstić information content (AvgIpc) is 3.05. The van der Waals surface area contributed by atoms with Crippen LogP contribution in [0.3, 0.4) is 0 Å². The average molecular weight is 971 g/mol. The second kappa shape index (κ2) is 77.9. The van der Waals surface area contributed by atoms with Gasteiger partial charge in [-0.3, -0.25) is 0 Å². The number of hydrogen-bond acceptors (Lipinski definition) is 2. The van der Waals surface area contributed by atoms with Crippen LogP contribution in [0.5, 0.6) is 0 Å². The minimum Gasteiger partial charge on any atom is -0.0623 e. The third-order valence-corrected chi connectivity index (χ3v) is 2.68. The molecule has 6 nitrogen and oxygen atoms in total. The molecule has 0 bridgehead atoms. The SMILES string of the molecule is CC.CC.CC.CC.CC.CCNC(=O)NCC.CCNC(=O)NCC.[I][V]([I])[I].c1ccccc1.c1ccccc1. The van der Waals surface area contributed by atoms with Gasteiger partial charge in [-0.15, -0.1) is 0 Å². The molecule has 4 N–H and O–H groups in total. The summed E-state index contributed by atoms with van der Waals surface area (Å²) in [5.41, 5.74) is 0. The van der Waals surface area contributed by atoms with Crippen molar-refractivity contribution in [3.63, 3.8) is 0 Å².